The summed E-state index contributed by atoms with van der Waals surface area (Å²) in [5, 5.41) is 0. The first-order chi connectivity index (χ1) is 4.13. The fourth-order valence-electron chi connectivity index (χ4n) is 1.06. The highest BCUT2D eigenvalue weighted by Gasteiger charge is 2.39. The Hall–Kier alpha value is -0.370. The topological polar surface area (TPSA) is 43.1 Å². The van der Waals surface area contributed by atoms with Crippen LogP contribution in [0.1, 0.15) is 20.3 Å². The Labute approximate surface area is 55.4 Å². The monoisotopic (exact) mass is 127 g/mol. The van der Waals surface area contributed by atoms with Gasteiger partial charge in [-0.05, 0) is 19.3 Å². The van der Waals surface area contributed by atoms with E-state index in [4.69, 9.17) is 5.73 Å². The Morgan fingerprint density at radius 1 is 1.78 bits per heavy atom. The lowest BCUT2D eigenvalue weighted by atomic mass is 10.1. The largest absolute Gasteiger partial charge is 0.322 e. The van der Waals surface area contributed by atoms with Crippen molar-refractivity contribution in [2.24, 2.45) is 17.6 Å². The van der Waals surface area contributed by atoms with Crippen LogP contribution in [0, 0.1) is 11.8 Å². The fourth-order valence-corrected chi connectivity index (χ4v) is 1.06. The van der Waals surface area contributed by atoms with Gasteiger partial charge in [0.05, 0.1) is 6.04 Å². The van der Waals surface area contributed by atoms with Crippen LogP contribution in [-0.4, -0.2) is 11.8 Å². The molecule has 1 aliphatic carbocycles. The molecule has 0 aromatic heterocycles. The Kier molecular flexibility index (Phi) is 1.58. The number of carbonyl (C=O) groups is 1. The summed E-state index contributed by atoms with van der Waals surface area (Å²) in [5.74, 6) is 1.14. The third kappa shape index (κ3) is 1.30. The van der Waals surface area contributed by atoms with Crippen molar-refractivity contribution in [2.45, 2.75) is 26.3 Å². The van der Waals surface area contributed by atoms with Gasteiger partial charge in [-0.2, -0.15) is 0 Å². The van der Waals surface area contributed by atoms with Crippen LogP contribution in [0.3, 0.4) is 0 Å². The van der Waals surface area contributed by atoms with Crippen molar-refractivity contribution in [3.63, 3.8) is 0 Å². The Balaban J connectivity index is 2.36. The average molecular weight is 127 g/mol. The van der Waals surface area contributed by atoms with Gasteiger partial charge >= 0.3 is 0 Å². The SMILES string of the molecule is CC(N)C(=O)C1CC1C. The molecule has 0 radical (unpaired) electrons. The minimum absolute atomic E-state index is 0.238. The molecule has 0 heterocycles. The predicted molar refractivity (Wildman–Crippen MR) is 35.9 cm³/mol. The van der Waals surface area contributed by atoms with E-state index in [1.807, 2.05) is 0 Å². The highest BCUT2D eigenvalue weighted by Crippen LogP contribution is 2.38. The molecule has 3 unspecified atom stereocenters. The lowest BCUT2D eigenvalue weighted by molar-refractivity contribution is -0.121. The van der Waals surface area contributed by atoms with E-state index < -0.39 is 0 Å². The van der Waals surface area contributed by atoms with Crippen molar-refractivity contribution in [2.75, 3.05) is 0 Å². The molecule has 0 spiro atoms. The van der Waals surface area contributed by atoms with Crippen molar-refractivity contribution in [1.29, 1.82) is 0 Å². The first-order valence-electron chi connectivity index (χ1n) is 3.42. The van der Waals surface area contributed by atoms with Crippen molar-refractivity contribution < 1.29 is 4.79 Å². The Morgan fingerprint density at radius 2 is 2.22 bits per heavy atom. The second kappa shape index (κ2) is 2.10. The quantitative estimate of drug-likeness (QED) is 0.589. The van der Waals surface area contributed by atoms with Gasteiger partial charge in [-0.25, -0.2) is 0 Å². The van der Waals surface area contributed by atoms with Gasteiger partial charge in [0.1, 0.15) is 0 Å². The predicted octanol–water partition coefficient (Wildman–Crippen LogP) is 0.559. The van der Waals surface area contributed by atoms with Crippen molar-refractivity contribution >= 4 is 5.78 Å². The van der Waals surface area contributed by atoms with E-state index in [0.717, 1.165) is 6.42 Å². The molecule has 0 saturated heterocycles. The first-order valence-corrected chi connectivity index (χ1v) is 3.42. The first kappa shape index (κ1) is 6.75. The molecular formula is C7H13NO. The summed E-state index contributed by atoms with van der Waals surface area (Å²) < 4.78 is 0. The number of hydrogen-bond donors (Lipinski definition) is 1. The van der Waals surface area contributed by atoms with E-state index in [9.17, 15) is 4.79 Å². The second-order valence-corrected chi connectivity index (χ2v) is 3.01. The molecule has 0 aromatic rings. The summed E-state index contributed by atoms with van der Waals surface area (Å²) in [6.07, 6.45) is 1.06. The summed E-state index contributed by atoms with van der Waals surface area (Å²) >= 11 is 0. The minimum atomic E-state index is -0.250. The Morgan fingerprint density at radius 3 is 2.33 bits per heavy atom. The molecule has 2 nitrogen and oxygen atoms in total. The molecule has 1 saturated carbocycles. The van der Waals surface area contributed by atoms with Crippen LogP contribution in [0.15, 0.2) is 0 Å². The number of rotatable bonds is 2. The van der Waals surface area contributed by atoms with Crippen LogP contribution in [0.2, 0.25) is 0 Å². The van der Waals surface area contributed by atoms with E-state index >= 15 is 0 Å². The van der Waals surface area contributed by atoms with Crippen LogP contribution in [0.4, 0.5) is 0 Å². The number of carbonyl (C=O) groups excluding carboxylic acids is 1. The van der Waals surface area contributed by atoms with Gasteiger partial charge in [-0.3, -0.25) is 4.79 Å². The molecule has 9 heavy (non-hydrogen) atoms. The molecular weight excluding hydrogens is 114 g/mol. The highest BCUT2D eigenvalue weighted by molar-refractivity contribution is 5.88. The van der Waals surface area contributed by atoms with Crippen LogP contribution in [0.25, 0.3) is 0 Å². The molecule has 1 rings (SSSR count). The molecule has 0 bridgehead atoms. The number of hydrogen-bond acceptors (Lipinski definition) is 2. The normalized spacial score (nSPS) is 35.9. The summed E-state index contributed by atoms with van der Waals surface area (Å²) in [7, 11) is 0. The van der Waals surface area contributed by atoms with Crippen molar-refractivity contribution in [1.82, 2.24) is 0 Å². The standard InChI is InChI=1S/C7H13NO/c1-4-3-6(4)7(9)5(2)8/h4-6H,3,8H2,1-2H3. The summed E-state index contributed by atoms with van der Waals surface area (Å²) in [5.41, 5.74) is 5.39. The molecule has 0 aliphatic heterocycles. The third-order valence-corrected chi connectivity index (χ3v) is 1.92. The Bertz CT molecular complexity index is 131. The highest BCUT2D eigenvalue weighted by atomic mass is 16.1. The van der Waals surface area contributed by atoms with Gasteiger partial charge in [0, 0.05) is 5.92 Å². The lowest BCUT2D eigenvalue weighted by Gasteiger charge is -2.00. The summed E-state index contributed by atoms with van der Waals surface area (Å²) in [6, 6.07) is -0.250. The molecule has 0 amide bonds. The van der Waals surface area contributed by atoms with E-state index in [0.29, 0.717) is 11.8 Å². The molecule has 1 fully saturated rings. The zero-order chi connectivity index (χ0) is 7.02. The van der Waals surface area contributed by atoms with Gasteiger partial charge < -0.3 is 5.73 Å². The maximum atomic E-state index is 11.0. The van der Waals surface area contributed by atoms with Gasteiger partial charge in [0.25, 0.3) is 0 Å². The molecule has 0 aromatic carbocycles. The minimum Gasteiger partial charge on any atom is -0.322 e. The van der Waals surface area contributed by atoms with Gasteiger partial charge in [0.15, 0.2) is 5.78 Å². The number of Topliss-reactive ketones (excluding diaryl/α,β-unsaturated/α-hetero) is 1. The van der Waals surface area contributed by atoms with Crippen LogP contribution in [-0.2, 0) is 4.79 Å². The average Bonchev–Trinajstić information content (AvgIpc) is 2.44. The van der Waals surface area contributed by atoms with Gasteiger partial charge in [-0.15, -0.1) is 0 Å². The molecule has 2 N–H and O–H groups in total. The van der Waals surface area contributed by atoms with E-state index in [1.165, 1.54) is 0 Å². The smallest absolute Gasteiger partial charge is 0.152 e. The summed E-state index contributed by atoms with van der Waals surface area (Å²) in [6.45, 7) is 3.85. The maximum Gasteiger partial charge on any atom is 0.152 e. The van der Waals surface area contributed by atoms with Gasteiger partial charge in [0.2, 0.25) is 0 Å². The zero-order valence-electron chi connectivity index (χ0n) is 5.92. The summed E-state index contributed by atoms with van der Waals surface area (Å²) in [4.78, 5) is 11.0. The second-order valence-electron chi connectivity index (χ2n) is 3.01. The third-order valence-electron chi connectivity index (χ3n) is 1.92. The lowest BCUT2D eigenvalue weighted by Crippen LogP contribution is -2.28. The van der Waals surface area contributed by atoms with Gasteiger partial charge in [-0.1, -0.05) is 6.92 Å². The van der Waals surface area contributed by atoms with E-state index in [1.54, 1.807) is 6.92 Å². The molecule has 1 aliphatic rings. The molecule has 2 heteroatoms. The van der Waals surface area contributed by atoms with Crippen LogP contribution in [0.5, 0.6) is 0 Å². The molecule has 52 valence electrons. The van der Waals surface area contributed by atoms with Crippen molar-refractivity contribution in [3.8, 4) is 0 Å². The van der Waals surface area contributed by atoms with Crippen LogP contribution < -0.4 is 5.73 Å². The number of ketones is 1. The van der Waals surface area contributed by atoms with Crippen molar-refractivity contribution in [3.05, 3.63) is 0 Å². The zero-order valence-corrected chi connectivity index (χ0v) is 5.92. The number of nitrogens with two attached hydrogens (primary N) is 1. The van der Waals surface area contributed by atoms with E-state index in [-0.39, 0.29) is 11.8 Å². The molecule has 3 atom stereocenters. The van der Waals surface area contributed by atoms with E-state index in [2.05, 4.69) is 6.92 Å². The maximum absolute atomic E-state index is 11.0. The fraction of sp³-hybridized carbons (Fsp3) is 0.857. The van der Waals surface area contributed by atoms with Crippen LogP contribution >= 0.6 is 0 Å².